The largest absolute Gasteiger partial charge is 0.465 e. The normalized spacial score (nSPS) is 11.5. The molecule has 0 unspecified atom stereocenters. The molecule has 2 aromatic carbocycles. The predicted molar refractivity (Wildman–Crippen MR) is 151 cm³/mol. The van der Waals surface area contributed by atoms with Crippen LogP contribution in [0.5, 0.6) is 0 Å². The summed E-state index contributed by atoms with van der Waals surface area (Å²) in [6, 6.07) is 8.09. The molecular formula is C29H26F3N5O3S. The first kappa shape index (κ1) is 29.4. The Bertz CT molecular complexity index is 1690. The highest BCUT2D eigenvalue weighted by Gasteiger charge is 2.32. The first-order valence-electron chi connectivity index (χ1n) is 12.3. The number of rotatable bonds is 4. The predicted octanol–water partition coefficient (Wildman–Crippen LogP) is 6.90. The SMILES string of the molecule is Cc1cn(-c2cc(NC(=O)c3ccc(C)c(C#Cc4cnc(N(C(=O)O)C(C)(C)C)s4)c3)cc(C(F)(F)F)c2)cn1. The van der Waals surface area contributed by atoms with Gasteiger partial charge in [0.1, 0.15) is 0 Å². The minimum atomic E-state index is -4.62. The quantitative estimate of drug-likeness (QED) is 0.256. The van der Waals surface area contributed by atoms with Crippen LogP contribution in [-0.4, -0.2) is 37.2 Å². The molecule has 4 rings (SSSR count). The van der Waals surface area contributed by atoms with E-state index in [1.165, 1.54) is 23.2 Å². The summed E-state index contributed by atoms with van der Waals surface area (Å²) in [6.07, 6.45) is -1.29. The van der Waals surface area contributed by atoms with Gasteiger partial charge in [-0.2, -0.15) is 13.2 Å². The van der Waals surface area contributed by atoms with E-state index in [4.69, 9.17) is 0 Å². The zero-order valence-corrected chi connectivity index (χ0v) is 23.6. The van der Waals surface area contributed by atoms with Gasteiger partial charge in [0.05, 0.1) is 28.7 Å². The Labute approximate surface area is 238 Å². The van der Waals surface area contributed by atoms with Crippen molar-refractivity contribution in [3.05, 3.63) is 87.9 Å². The van der Waals surface area contributed by atoms with Crippen LogP contribution in [0.3, 0.4) is 0 Å². The number of amides is 2. The van der Waals surface area contributed by atoms with Crippen molar-refractivity contribution in [2.45, 2.75) is 46.3 Å². The van der Waals surface area contributed by atoms with E-state index in [1.807, 2.05) is 6.92 Å². The molecule has 2 heterocycles. The third kappa shape index (κ3) is 6.93. The van der Waals surface area contributed by atoms with Crippen LogP contribution in [0.25, 0.3) is 5.69 Å². The fourth-order valence-electron chi connectivity index (χ4n) is 3.87. The maximum Gasteiger partial charge on any atom is 0.416 e. The van der Waals surface area contributed by atoms with Crippen LogP contribution >= 0.6 is 11.3 Å². The molecule has 0 aliphatic heterocycles. The summed E-state index contributed by atoms with van der Waals surface area (Å²) in [5.41, 5.74) is 0.682. The molecule has 41 heavy (non-hydrogen) atoms. The molecule has 212 valence electrons. The van der Waals surface area contributed by atoms with Crippen LogP contribution in [0, 0.1) is 25.7 Å². The van der Waals surface area contributed by atoms with Gasteiger partial charge < -0.3 is 15.0 Å². The Morgan fingerprint density at radius 3 is 2.39 bits per heavy atom. The summed E-state index contributed by atoms with van der Waals surface area (Å²) in [7, 11) is 0. The molecule has 4 aromatic rings. The molecule has 0 saturated heterocycles. The molecule has 12 heteroatoms. The lowest BCUT2D eigenvalue weighted by Crippen LogP contribution is -2.45. The molecule has 8 nitrogen and oxygen atoms in total. The molecule has 2 amide bonds. The second kappa shape index (κ2) is 11.1. The van der Waals surface area contributed by atoms with Crippen LogP contribution in [0.4, 0.5) is 28.8 Å². The molecule has 0 spiro atoms. The van der Waals surface area contributed by atoms with Crippen molar-refractivity contribution in [2.24, 2.45) is 0 Å². The van der Waals surface area contributed by atoms with E-state index >= 15 is 0 Å². The van der Waals surface area contributed by atoms with Crippen LogP contribution in [0.2, 0.25) is 0 Å². The van der Waals surface area contributed by atoms with Gasteiger partial charge in [0.2, 0.25) is 0 Å². The van der Waals surface area contributed by atoms with Crippen LogP contribution < -0.4 is 10.2 Å². The van der Waals surface area contributed by atoms with Crippen molar-refractivity contribution in [1.82, 2.24) is 14.5 Å². The highest BCUT2D eigenvalue weighted by molar-refractivity contribution is 7.16. The Hall–Kier alpha value is -4.63. The topological polar surface area (TPSA) is 100 Å². The number of carbonyl (C=O) groups excluding carboxylic acids is 1. The molecule has 0 saturated carbocycles. The lowest BCUT2D eigenvalue weighted by molar-refractivity contribution is -0.137. The van der Waals surface area contributed by atoms with Gasteiger partial charge in [0.25, 0.3) is 5.91 Å². The van der Waals surface area contributed by atoms with Crippen LogP contribution in [-0.2, 0) is 6.18 Å². The molecule has 0 aliphatic carbocycles. The number of thiazole rings is 1. The van der Waals surface area contributed by atoms with Gasteiger partial charge >= 0.3 is 12.3 Å². The number of carbonyl (C=O) groups is 2. The summed E-state index contributed by atoms with van der Waals surface area (Å²) < 4.78 is 42.3. The minimum absolute atomic E-state index is 0.0293. The van der Waals surface area contributed by atoms with Crippen molar-refractivity contribution < 1.29 is 27.9 Å². The third-order valence-electron chi connectivity index (χ3n) is 5.88. The number of hydrogen-bond donors (Lipinski definition) is 2. The van der Waals surface area contributed by atoms with Crippen molar-refractivity contribution in [2.75, 3.05) is 10.2 Å². The number of alkyl halides is 3. The highest BCUT2D eigenvalue weighted by Crippen LogP contribution is 2.33. The number of imidazole rings is 1. The van der Waals surface area contributed by atoms with Gasteiger partial charge in [0, 0.05) is 34.2 Å². The van der Waals surface area contributed by atoms with E-state index in [0.717, 1.165) is 33.9 Å². The van der Waals surface area contributed by atoms with E-state index in [-0.39, 0.29) is 22.1 Å². The Kier molecular flexibility index (Phi) is 7.94. The van der Waals surface area contributed by atoms with Gasteiger partial charge in [-0.3, -0.25) is 4.79 Å². The van der Waals surface area contributed by atoms with E-state index < -0.39 is 29.3 Å². The van der Waals surface area contributed by atoms with Crippen molar-refractivity contribution in [3.8, 4) is 17.5 Å². The first-order valence-corrected chi connectivity index (χ1v) is 13.1. The van der Waals surface area contributed by atoms with E-state index in [2.05, 4.69) is 27.1 Å². The summed E-state index contributed by atoms with van der Waals surface area (Å²) in [6.45, 7) is 8.79. The average Bonchev–Trinajstić information content (AvgIpc) is 3.50. The van der Waals surface area contributed by atoms with Gasteiger partial charge in [-0.15, -0.1) is 0 Å². The summed E-state index contributed by atoms with van der Waals surface area (Å²) in [5, 5.41) is 12.4. The first-order chi connectivity index (χ1) is 19.1. The Morgan fingerprint density at radius 2 is 1.78 bits per heavy atom. The molecule has 2 N–H and O–H groups in total. The van der Waals surface area contributed by atoms with Gasteiger partial charge in [-0.25, -0.2) is 19.7 Å². The monoisotopic (exact) mass is 581 g/mol. The van der Waals surface area contributed by atoms with Gasteiger partial charge in [0.15, 0.2) is 5.13 Å². The molecule has 2 aromatic heterocycles. The van der Waals surface area contributed by atoms with Crippen LogP contribution in [0.1, 0.15) is 58.4 Å². The summed E-state index contributed by atoms with van der Waals surface area (Å²) in [4.78, 5) is 34.7. The van der Waals surface area contributed by atoms with E-state index in [1.54, 1.807) is 52.1 Å². The van der Waals surface area contributed by atoms with Crippen LogP contribution in [0.15, 0.2) is 55.1 Å². The zero-order valence-electron chi connectivity index (χ0n) is 22.8. The number of anilines is 2. The Morgan fingerprint density at radius 1 is 1.05 bits per heavy atom. The minimum Gasteiger partial charge on any atom is -0.465 e. The molecule has 0 fully saturated rings. The molecule has 0 bridgehead atoms. The summed E-state index contributed by atoms with van der Waals surface area (Å²) in [5.74, 6) is 5.33. The smallest absolute Gasteiger partial charge is 0.416 e. The number of benzene rings is 2. The molecule has 0 radical (unpaired) electrons. The van der Waals surface area contributed by atoms with E-state index in [0.29, 0.717) is 16.1 Å². The third-order valence-corrected chi connectivity index (χ3v) is 6.78. The molecule has 0 aliphatic rings. The van der Waals surface area contributed by atoms with Crippen molar-refractivity contribution in [1.29, 1.82) is 0 Å². The van der Waals surface area contributed by atoms with Gasteiger partial charge in [-0.05, 0) is 76.4 Å². The maximum atomic E-state index is 13.6. The maximum absolute atomic E-state index is 13.6. The Balaban J connectivity index is 1.60. The zero-order chi connectivity index (χ0) is 30.1. The number of hydrogen-bond acceptors (Lipinski definition) is 5. The standard InChI is InChI=1S/C29H26F3N5O3S/c1-17-6-7-20(10-19(17)8-9-24-14-33-26(41-24)37(27(39)40)28(3,4)5)25(38)35-22-11-21(29(30,31)32)12-23(13-22)36-15-18(2)34-16-36/h6-7,10-16H,1-5H3,(H,35,38)(H,39,40). The number of carboxylic acid groups (broad SMARTS) is 1. The average molecular weight is 582 g/mol. The lowest BCUT2D eigenvalue weighted by Gasteiger charge is -2.30. The van der Waals surface area contributed by atoms with Crippen molar-refractivity contribution >= 4 is 34.2 Å². The van der Waals surface area contributed by atoms with E-state index in [9.17, 15) is 27.9 Å². The summed E-state index contributed by atoms with van der Waals surface area (Å²) >= 11 is 1.12. The number of halogens is 3. The highest BCUT2D eigenvalue weighted by atomic mass is 32.1. The van der Waals surface area contributed by atoms with Gasteiger partial charge in [-0.1, -0.05) is 23.3 Å². The second-order valence-electron chi connectivity index (χ2n) is 10.2. The van der Waals surface area contributed by atoms with Crippen molar-refractivity contribution in [3.63, 3.8) is 0 Å². The molecular weight excluding hydrogens is 555 g/mol. The number of nitrogens with zero attached hydrogens (tertiary/aromatic N) is 4. The fourth-order valence-corrected chi connectivity index (χ4v) is 4.82. The second-order valence-corrected chi connectivity index (χ2v) is 11.2. The fraction of sp³-hybridized carbons (Fsp3) is 0.241. The molecule has 0 atom stereocenters. The number of aryl methyl sites for hydroxylation is 2. The number of nitrogens with one attached hydrogen (secondary N) is 1. The lowest BCUT2D eigenvalue weighted by atomic mass is 10.0. The number of aromatic nitrogens is 3.